The van der Waals surface area contributed by atoms with Crippen LogP contribution in [0.1, 0.15) is 24.1 Å². The molecule has 2 aromatic rings. The van der Waals surface area contributed by atoms with Crippen LogP contribution in [0.3, 0.4) is 0 Å². The van der Waals surface area contributed by atoms with Gasteiger partial charge < -0.3 is 14.8 Å². The van der Waals surface area contributed by atoms with Crippen LogP contribution in [0.4, 0.5) is 0 Å². The van der Waals surface area contributed by atoms with E-state index in [1.165, 1.54) is 0 Å². The molecule has 4 heteroatoms. The highest BCUT2D eigenvalue weighted by atomic mass is 35.5. The fourth-order valence-corrected chi connectivity index (χ4v) is 2.37. The van der Waals surface area contributed by atoms with Gasteiger partial charge in [-0.3, -0.25) is 0 Å². The lowest BCUT2D eigenvalue weighted by Crippen LogP contribution is -2.18. The maximum atomic E-state index is 5.99. The topological polar surface area (TPSA) is 30.5 Å². The van der Waals surface area contributed by atoms with Crippen LogP contribution in [0.5, 0.6) is 11.5 Å². The van der Waals surface area contributed by atoms with E-state index in [9.17, 15) is 0 Å². The number of nitrogens with one attached hydrogen (secondary N) is 1. The fourth-order valence-electron chi connectivity index (χ4n) is 2.16. The first-order valence-corrected chi connectivity index (χ1v) is 7.21. The van der Waals surface area contributed by atoms with Gasteiger partial charge >= 0.3 is 0 Å². The van der Waals surface area contributed by atoms with Crippen molar-refractivity contribution in [1.29, 1.82) is 0 Å². The lowest BCUT2D eigenvalue weighted by molar-refractivity contribution is 0.354. The Kier molecular flexibility index (Phi) is 5.48. The number of methoxy groups -OCH3 is 2. The van der Waals surface area contributed by atoms with Crippen LogP contribution in [0, 0.1) is 0 Å². The van der Waals surface area contributed by atoms with Crippen molar-refractivity contribution in [3.63, 3.8) is 0 Å². The smallest absolute Gasteiger partial charge is 0.161 e. The highest BCUT2D eigenvalue weighted by Gasteiger charge is 2.10. The molecule has 3 nitrogen and oxygen atoms in total. The zero-order valence-electron chi connectivity index (χ0n) is 12.5. The van der Waals surface area contributed by atoms with Crippen LogP contribution in [0.15, 0.2) is 42.5 Å². The summed E-state index contributed by atoms with van der Waals surface area (Å²) in [6.07, 6.45) is 0. The maximum absolute atomic E-state index is 5.99. The summed E-state index contributed by atoms with van der Waals surface area (Å²) in [6.45, 7) is 2.88. The summed E-state index contributed by atoms with van der Waals surface area (Å²) in [5.41, 5.74) is 2.31. The number of hydrogen-bond donors (Lipinski definition) is 1. The minimum absolute atomic E-state index is 0.198. The molecule has 0 fully saturated rings. The summed E-state index contributed by atoms with van der Waals surface area (Å²) in [7, 11) is 3.28. The van der Waals surface area contributed by atoms with E-state index in [1.807, 2.05) is 36.4 Å². The van der Waals surface area contributed by atoms with Crippen LogP contribution in [-0.4, -0.2) is 14.2 Å². The molecule has 0 saturated carbocycles. The Hall–Kier alpha value is -1.71. The monoisotopic (exact) mass is 305 g/mol. The molecule has 1 atom stereocenters. The van der Waals surface area contributed by atoms with Crippen molar-refractivity contribution in [2.75, 3.05) is 14.2 Å². The van der Waals surface area contributed by atoms with Crippen molar-refractivity contribution >= 4 is 11.6 Å². The van der Waals surface area contributed by atoms with Crippen molar-refractivity contribution in [3.8, 4) is 11.5 Å². The largest absolute Gasteiger partial charge is 0.493 e. The van der Waals surface area contributed by atoms with E-state index < -0.39 is 0 Å². The molecule has 0 heterocycles. The number of halogens is 1. The summed E-state index contributed by atoms with van der Waals surface area (Å²) in [5.74, 6) is 1.48. The Balaban J connectivity index is 2.04. The number of rotatable bonds is 6. The van der Waals surface area contributed by atoms with E-state index in [-0.39, 0.29) is 6.04 Å². The zero-order valence-corrected chi connectivity index (χ0v) is 13.3. The molecule has 0 amide bonds. The average Bonchev–Trinajstić information content (AvgIpc) is 2.52. The molecule has 0 aliphatic heterocycles. The zero-order chi connectivity index (χ0) is 15.2. The lowest BCUT2D eigenvalue weighted by Gasteiger charge is -2.16. The van der Waals surface area contributed by atoms with Crippen LogP contribution < -0.4 is 14.8 Å². The van der Waals surface area contributed by atoms with Crippen molar-refractivity contribution in [2.24, 2.45) is 0 Å². The molecular weight excluding hydrogens is 286 g/mol. The molecule has 21 heavy (non-hydrogen) atoms. The highest BCUT2D eigenvalue weighted by Crippen LogP contribution is 2.29. The Morgan fingerprint density at radius 3 is 2.48 bits per heavy atom. The molecule has 2 rings (SSSR count). The first-order chi connectivity index (χ1) is 10.1. The molecular formula is C17H20ClNO2. The van der Waals surface area contributed by atoms with E-state index in [1.54, 1.807) is 14.2 Å². The minimum atomic E-state index is 0.198. The third-order valence-corrected chi connectivity index (χ3v) is 3.64. The first kappa shape index (κ1) is 15.7. The Morgan fingerprint density at radius 1 is 1.05 bits per heavy atom. The second kappa shape index (κ2) is 7.34. The minimum Gasteiger partial charge on any atom is -0.493 e. The molecule has 1 N–H and O–H groups in total. The molecule has 0 saturated heterocycles. The van der Waals surface area contributed by atoms with Gasteiger partial charge in [-0.15, -0.1) is 0 Å². The molecule has 0 radical (unpaired) electrons. The molecule has 112 valence electrons. The van der Waals surface area contributed by atoms with Crippen LogP contribution in [0.2, 0.25) is 5.02 Å². The van der Waals surface area contributed by atoms with Gasteiger partial charge in [0.25, 0.3) is 0 Å². The standard InChI is InChI=1S/C17H20ClNO2/c1-12(19-11-13-5-4-6-15(18)9-13)14-7-8-16(20-2)17(10-14)21-3/h4-10,12,19H,11H2,1-3H3. The van der Waals surface area contributed by atoms with Crippen LogP contribution in [-0.2, 0) is 6.54 Å². The number of benzene rings is 2. The number of hydrogen-bond acceptors (Lipinski definition) is 3. The van der Waals surface area contributed by atoms with Gasteiger partial charge in [0.2, 0.25) is 0 Å². The van der Waals surface area contributed by atoms with Crippen molar-refractivity contribution in [1.82, 2.24) is 5.32 Å². The summed E-state index contributed by atoms with van der Waals surface area (Å²) < 4.78 is 10.6. The van der Waals surface area contributed by atoms with Gasteiger partial charge in [0.05, 0.1) is 14.2 Å². The highest BCUT2D eigenvalue weighted by molar-refractivity contribution is 6.30. The summed E-state index contributed by atoms with van der Waals surface area (Å²) in [4.78, 5) is 0. The quantitative estimate of drug-likeness (QED) is 0.867. The van der Waals surface area contributed by atoms with E-state index in [0.717, 1.165) is 34.2 Å². The summed E-state index contributed by atoms with van der Waals surface area (Å²) >= 11 is 5.99. The SMILES string of the molecule is COc1ccc(C(C)NCc2cccc(Cl)c2)cc1OC. The van der Waals surface area contributed by atoms with E-state index >= 15 is 0 Å². The van der Waals surface area contributed by atoms with Crippen molar-refractivity contribution in [3.05, 3.63) is 58.6 Å². The van der Waals surface area contributed by atoms with Crippen molar-refractivity contribution in [2.45, 2.75) is 19.5 Å². The maximum Gasteiger partial charge on any atom is 0.161 e. The van der Waals surface area contributed by atoms with E-state index in [2.05, 4.69) is 18.3 Å². The average molecular weight is 306 g/mol. The van der Waals surface area contributed by atoms with Crippen LogP contribution in [0.25, 0.3) is 0 Å². The molecule has 0 aliphatic rings. The second-order valence-electron chi connectivity index (χ2n) is 4.85. The van der Waals surface area contributed by atoms with Gasteiger partial charge in [-0.1, -0.05) is 29.8 Å². The number of ether oxygens (including phenoxy) is 2. The molecule has 0 spiro atoms. The Morgan fingerprint density at radius 2 is 1.81 bits per heavy atom. The molecule has 0 aliphatic carbocycles. The van der Waals surface area contributed by atoms with Gasteiger partial charge in [0, 0.05) is 17.6 Å². The van der Waals surface area contributed by atoms with Crippen LogP contribution >= 0.6 is 11.6 Å². The van der Waals surface area contributed by atoms with Gasteiger partial charge in [0.15, 0.2) is 11.5 Å². The molecule has 2 aromatic carbocycles. The third-order valence-electron chi connectivity index (χ3n) is 3.41. The Labute approximate surface area is 130 Å². The lowest BCUT2D eigenvalue weighted by atomic mass is 10.1. The summed E-state index contributed by atoms with van der Waals surface area (Å²) in [6, 6.07) is 14.0. The Bertz CT molecular complexity index is 601. The molecule has 0 aromatic heterocycles. The van der Waals surface area contributed by atoms with Gasteiger partial charge in [-0.2, -0.15) is 0 Å². The van der Waals surface area contributed by atoms with E-state index in [0.29, 0.717) is 0 Å². The third kappa shape index (κ3) is 4.13. The molecule has 0 bridgehead atoms. The van der Waals surface area contributed by atoms with Crippen molar-refractivity contribution < 1.29 is 9.47 Å². The predicted molar refractivity (Wildman–Crippen MR) is 86.3 cm³/mol. The van der Waals surface area contributed by atoms with Gasteiger partial charge in [-0.05, 0) is 42.3 Å². The van der Waals surface area contributed by atoms with Gasteiger partial charge in [-0.25, -0.2) is 0 Å². The first-order valence-electron chi connectivity index (χ1n) is 6.83. The van der Waals surface area contributed by atoms with E-state index in [4.69, 9.17) is 21.1 Å². The second-order valence-corrected chi connectivity index (χ2v) is 5.28. The molecule has 1 unspecified atom stereocenters. The summed E-state index contributed by atoms with van der Waals surface area (Å²) in [5, 5.41) is 4.23. The predicted octanol–water partition coefficient (Wildman–Crippen LogP) is 4.21. The normalized spacial score (nSPS) is 12.0. The fraction of sp³-hybridized carbons (Fsp3) is 0.294. The van der Waals surface area contributed by atoms with Gasteiger partial charge in [0.1, 0.15) is 0 Å².